The van der Waals surface area contributed by atoms with Gasteiger partial charge in [-0.25, -0.2) is 9.78 Å². The van der Waals surface area contributed by atoms with Crippen molar-refractivity contribution >= 4 is 17.2 Å². The molecular weight excluding hydrogens is 320 g/mol. The monoisotopic (exact) mass is 344 g/mol. The molecule has 0 saturated heterocycles. The standard InChI is InChI=1S/C19H24N2O4/c1-11(2)16-17(22)21(12-6-7-12)15-9-8-13(10-14(15)20-16)24-18(23)25-19(3,4)5/h8-12H,6-7H2,1-5H3. The Balaban J connectivity index is 2.01. The van der Waals surface area contributed by atoms with E-state index in [0.717, 1.165) is 18.4 Å². The molecule has 3 rings (SSSR count). The van der Waals surface area contributed by atoms with E-state index >= 15 is 0 Å². The molecule has 1 aromatic heterocycles. The third kappa shape index (κ3) is 3.83. The van der Waals surface area contributed by atoms with Crippen LogP contribution in [0.1, 0.15) is 65.1 Å². The van der Waals surface area contributed by atoms with Gasteiger partial charge in [0.1, 0.15) is 17.0 Å². The molecule has 1 aliphatic rings. The molecule has 1 fully saturated rings. The molecule has 0 amide bonds. The minimum absolute atomic E-state index is 0.0224. The Kier molecular flexibility index (Phi) is 4.31. The van der Waals surface area contributed by atoms with Crippen molar-refractivity contribution in [3.8, 4) is 5.75 Å². The Labute approximate surface area is 146 Å². The SMILES string of the molecule is CC(C)c1nc2cc(OC(=O)OC(C)(C)C)ccc2n(C2CC2)c1=O. The smallest absolute Gasteiger partial charge is 0.428 e. The highest BCUT2D eigenvalue weighted by molar-refractivity contribution is 5.78. The fourth-order valence-electron chi connectivity index (χ4n) is 2.71. The Morgan fingerprint density at radius 2 is 1.96 bits per heavy atom. The lowest BCUT2D eigenvalue weighted by molar-refractivity contribution is 0.0206. The van der Waals surface area contributed by atoms with Crippen LogP contribution in [0.4, 0.5) is 4.79 Å². The van der Waals surface area contributed by atoms with Gasteiger partial charge in [0.05, 0.1) is 11.0 Å². The van der Waals surface area contributed by atoms with Gasteiger partial charge in [0.15, 0.2) is 0 Å². The van der Waals surface area contributed by atoms with Crippen LogP contribution in [-0.4, -0.2) is 21.3 Å². The fraction of sp³-hybridized carbons (Fsp3) is 0.526. The van der Waals surface area contributed by atoms with Crippen molar-refractivity contribution < 1.29 is 14.3 Å². The highest BCUT2D eigenvalue weighted by Crippen LogP contribution is 2.36. The molecule has 0 spiro atoms. The number of nitrogens with zero attached hydrogens (tertiary/aromatic N) is 2. The van der Waals surface area contributed by atoms with Crippen molar-refractivity contribution in [2.24, 2.45) is 0 Å². The Hall–Kier alpha value is -2.37. The van der Waals surface area contributed by atoms with E-state index in [1.54, 1.807) is 39.0 Å². The molecule has 2 aromatic rings. The molecule has 0 unspecified atom stereocenters. The zero-order chi connectivity index (χ0) is 18.4. The van der Waals surface area contributed by atoms with Gasteiger partial charge >= 0.3 is 6.16 Å². The molecule has 1 aliphatic carbocycles. The van der Waals surface area contributed by atoms with Gasteiger partial charge in [-0.15, -0.1) is 0 Å². The van der Waals surface area contributed by atoms with Gasteiger partial charge in [0.2, 0.25) is 0 Å². The van der Waals surface area contributed by atoms with Gasteiger partial charge in [-0.05, 0) is 45.7 Å². The normalized spacial score (nSPS) is 14.8. The van der Waals surface area contributed by atoms with E-state index in [4.69, 9.17) is 9.47 Å². The van der Waals surface area contributed by atoms with Crippen molar-refractivity contribution in [2.45, 2.75) is 65.0 Å². The Morgan fingerprint density at radius 3 is 2.52 bits per heavy atom. The van der Waals surface area contributed by atoms with E-state index < -0.39 is 11.8 Å². The summed E-state index contributed by atoms with van der Waals surface area (Å²) in [6.07, 6.45) is 1.26. The van der Waals surface area contributed by atoms with Crippen molar-refractivity contribution in [1.82, 2.24) is 9.55 Å². The zero-order valence-corrected chi connectivity index (χ0v) is 15.3. The first kappa shape index (κ1) is 17.5. The van der Waals surface area contributed by atoms with E-state index in [1.165, 1.54) is 0 Å². The van der Waals surface area contributed by atoms with Crippen LogP contribution in [0.3, 0.4) is 0 Å². The number of aromatic nitrogens is 2. The predicted molar refractivity (Wildman–Crippen MR) is 95.2 cm³/mol. The molecule has 0 N–H and O–H groups in total. The molecule has 6 nitrogen and oxygen atoms in total. The summed E-state index contributed by atoms with van der Waals surface area (Å²) in [5, 5.41) is 0. The summed E-state index contributed by atoms with van der Waals surface area (Å²) in [5.74, 6) is 0.377. The first-order valence-corrected chi connectivity index (χ1v) is 8.63. The second kappa shape index (κ2) is 6.17. The van der Waals surface area contributed by atoms with Gasteiger partial charge in [-0.1, -0.05) is 13.8 Å². The first-order chi connectivity index (χ1) is 11.7. The molecule has 6 heteroatoms. The number of carbonyl (C=O) groups excluding carboxylic acids is 1. The Morgan fingerprint density at radius 1 is 1.28 bits per heavy atom. The molecule has 1 aromatic carbocycles. The number of rotatable bonds is 3. The van der Waals surface area contributed by atoms with Gasteiger partial charge < -0.3 is 14.0 Å². The molecule has 134 valence electrons. The average molecular weight is 344 g/mol. The van der Waals surface area contributed by atoms with Crippen molar-refractivity contribution in [1.29, 1.82) is 0 Å². The number of benzene rings is 1. The summed E-state index contributed by atoms with van der Waals surface area (Å²) in [7, 11) is 0. The van der Waals surface area contributed by atoms with E-state index in [9.17, 15) is 9.59 Å². The summed E-state index contributed by atoms with van der Waals surface area (Å²) < 4.78 is 12.3. The Bertz CT molecular complexity index is 873. The maximum Gasteiger partial charge on any atom is 0.514 e. The molecule has 0 radical (unpaired) electrons. The van der Waals surface area contributed by atoms with Crippen LogP contribution in [0.5, 0.6) is 5.75 Å². The maximum atomic E-state index is 12.7. The number of hydrogen-bond acceptors (Lipinski definition) is 5. The molecule has 0 aliphatic heterocycles. The second-order valence-corrected chi connectivity index (χ2v) is 7.78. The lowest BCUT2D eigenvalue weighted by atomic mass is 10.1. The van der Waals surface area contributed by atoms with Crippen LogP contribution in [0.15, 0.2) is 23.0 Å². The van der Waals surface area contributed by atoms with E-state index in [0.29, 0.717) is 17.0 Å². The minimum atomic E-state index is -0.758. The molecule has 1 saturated carbocycles. The molecule has 1 heterocycles. The van der Waals surface area contributed by atoms with Crippen molar-refractivity contribution in [3.63, 3.8) is 0 Å². The van der Waals surface area contributed by atoms with Gasteiger partial charge in [0.25, 0.3) is 5.56 Å². The lowest BCUT2D eigenvalue weighted by Crippen LogP contribution is -2.26. The van der Waals surface area contributed by atoms with E-state index in [2.05, 4.69) is 4.98 Å². The highest BCUT2D eigenvalue weighted by Gasteiger charge is 2.28. The van der Waals surface area contributed by atoms with Crippen molar-refractivity contribution in [2.75, 3.05) is 0 Å². The maximum absolute atomic E-state index is 12.7. The molecular formula is C19H24N2O4. The highest BCUT2D eigenvalue weighted by atomic mass is 16.7. The second-order valence-electron chi connectivity index (χ2n) is 7.78. The summed E-state index contributed by atoms with van der Waals surface area (Å²) in [6.45, 7) is 9.24. The minimum Gasteiger partial charge on any atom is -0.428 e. The van der Waals surface area contributed by atoms with Crippen LogP contribution < -0.4 is 10.3 Å². The van der Waals surface area contributed by atoms with Gasteiger partial charge in [0, 0.05) is 18.0 Å². The molecule has 0 bridgehead atoms. The topological polar surface area (TPSA) is 70.4 Å². The summed E-state index contributed by atoms with van der Waals surface area (Å²) in [4.78, 5) is 29.1. The largest absolute Gasteiger partial charge is 0.514 e. The number of carbonyl (C=O) groups is 1. The zero-order valence-electron chi connectivity index (χ0n) is 15.3. The van der Waals surface area contributed by atoms with Crippen LogP contribution in [-0.2, 0) is 4.74 Å². The van der Waals surface area contributed by atoms with Gasteiger partial charge in [-0.2, -0.15) is 0 Å². The van der Waals surface area contributed by atoms with Crippen LogP contribution in [0.25, 0.3) is 11.0 Å². The lowest BCUT2D eigenvalue weighted by Gasteiger charge is -2.19. The summed E-state index contributed by atoms with van der Waals surface area (Å²) in [5.41, 5.74) is 1.31. The van der Waals surface area contributed by atoms with Gasteiger partial charge in [-0.3, -0.25) is 4.79 Å². The first-order valence-electron chi connectivity index (χ1n) is 8.63. The third-order valence-corrected chi connectivity index (χ3v) is 3.93. The molecule has 25 heavy (non-hydrogen) atoms. The quantitative estimate of drug-likeness (QED) is 0.617. The van der Waals surface area contributed by atoms with Crippen LogP contribution in [0, 0.1) is 0 Å². The third-order valence-electron chi connectivity index (χ3n) is 3.93. The predicted octanol–water partition coefficient (Wildman–Crippen LogP) is 4.17. The number of fused-ring (bicyclic) bond motifs is 1. The van der Waals surface area contributed by atoms with E-state index in [1.807, 2.05) is 18.4 Å². The fourth-order valence-corrected chi connectivity index (χ4v) is 2.71. The summed E-state index contributed by atoms with van der Waals surface area (Å²) in [6, 6.07) is 5.38. The average Bonchev–Trinajstić information content (AvgIpc) is 3.29. The van der Waals surface area contributed by atoms with Crippen molar-refractivity contribution in [3.05, 3.63) is 34.2 Å². The van der Waals surface area contributed by atoms with Crippen LogP contribution >= 0.6 is 0 Å². The molecule has 0 atom stereocenters. The number of ether oxygens (including phenoxy) is 2. The number of hydrogen-bond donors (Lipinski definition) is 0. The van der Waals surface area contributed by atoms with E-state index in [-0.39, 0.29) is 17.5 Å². The van der Waals surface area contributed by atoms with Crippen LogP contribution in [0.2, 0.25) is 0 Å². The summed E-state index contributed by atoms with van der Waals surface area (Å²) >= 11 is 0.